The van der Waals surface area contributed by atoms with Crippen LogP contribution in [0.4, 0.5) is 4.39 Å². The second-order valence-electron chi connectivity index (χ2n) is 4.39. The van der Waals surface area contributed by atoms with Crippen molar-refractivity contribution < 1.29 is 9.50 Å². The number of hydrogen-bond donors (Lipinski definition) is 2. The molecule has 0 amide bonds. The quantitative estimate of drug-likeness (QED) is 0.902. The third-order valence-corrected chi connectivity index (χ3v) is 3.38. The van der Waals surface area contributed by atoms with Gasteiger partial charge in [-0.1, -0.05) is 35.9 Å². The second-order valence-corrected chi connectivity index (χ2v) is 4.83. The molecule has 0 fully saturated rings. The molecule has 0 spiro atoms. The van der Waals surface area contributed by atoms with Gasteiger partial charge in [0.05, 0.1) is 6.10 Å². The molecule has 4 heteroatoms. The minimum absolute atomic E-state index is 0.229. The van der Waals surface area contributed by atoms with Gasteiger partial charge in [0, 0.05) is 17.5 Å². The van der Waals surface area contributed by atoms with E-state index >= 15 is 0 Å². The molecule has 0 saturated heterocycles. The molecule has 0 aliphatic heterocycles. The van der Waals surface area contributed by atoms with E-state index < -0.39 is 6.10 Å². The largest absolute Gasteiger partial charge is 0.388 e. The van der Waals surface area contributed by atoms with Crippen LogP contribution in [-0.2, 0) is 0 Å². The molecule has 100 valence electrons. The van der Waals surface area contributed by atoms with Crippen molar-refractivity contribution in [3.05, 3.63) is 70.5 Å². The van der Waals surface area contributed by atoms with Crippen LogP contribution >= 0.6 is 11.6 Å². The summed E-state index contributed by atoms with van der Waals surface area (Å²) in [6.07, 6.45) is -0.788. The van der Waals surface area contributed by atoms with Crippen LogP contribution in [0.3, 0.4) is 0 Å². The first-order valence-corrected chi connectivity index (χ1v) is 6.38. The highest BCUT2D eigenvalue weighted by molar-refractivity contribution is 6.30. The Balaban J connectivity index is 2.28. The van der Waals surface area contributed by atoms with Crippen molar-refractivity contribution in [3.8, 4) is 0 Å². The maximum Gasteiger partial charge on any atom is 0.123 e. The zero-order valence-electron chi connectivity index (χ0n) is 10.3. The first kappa shape index (κ1) is 14.0. The Bertz CT molecular complexity index is 544. The van der Waals surface area contributed by atoms with Gasteiger partial charge in [0.15, 0.2) is 0 Å². The molecule has 2 atom stereocenters. The van der Waals surface area contributed by atoms with E-state index in [2.05, 4.69) is 0 Å². The molecular weight excluding hydrogens is 265 g/mol. The average molecular weight is 280 g/mol. The van der Waals surface area contributed by atoms with Gasteiger partial charge < -0.3 is 10.8 Å². The Morgan fingerprint density at radius 2 is 1.79 bits per heavy atom. The molecule has 0 aromatic heterocycles. The molecule has 2 aromatic rings. The van der Waals surface area contributed by atoms with Crippen molar-refractivity contribution in [1.29, 1.82) is 0 Å². The molecule has 2 unspecified atom stereocenters. The maximum absolute atomic E-state index is 13.2. The fourth-order valence-electron chi connectivity index (χ4n) is 2.08. The summed E-state index contributed by atoms with van der Waals surface area (Å²) >= 11 is 5.81. The standard InChI is InChI=1S/C15H15ClFNO/c16-12-6-4-10(5-7-12)15(19)14(9-18)11-2-1-3-13(17)8-11/h1-8,14-15,19H,9,18H2. The summed E-state index contributed by atoms with van der Waals surface area (Å²) in [5.74, 6) is -0.684. The highest BCUT2D eigenvalue weighted by Crippen LogP contribution is 2.30. The number of aliphatic hydroxyl groups is 1. The molecule has 2 rings (SSSR count). The highest BCUT2D eigenvalue weighted by atomic mass is 35.5. The van der Waals surface area contributed by atoms with Crippen molar-refractivity contribution >= 4 is 11.6 Å². The lowest BCUT2D eigenvalue weighted by atomic mass is 9.89. The smallest absolute Gasteiger partial charge is 0.123 e. The minimum atomic E-state index is -0.788. The summed E-state index contributed by atoms with van der Waals surface area (Å²) in [4.78, 5) is 0. The summed E-state index contributed by atoms with van der Waals surface area (Å²) in [5, 5.41) is 11.0. The van der Waals surface area contributed by atoms with Gasteiger partial charge in [0.25, 0.3) is 0 Å². The van der Waals surface area contributed by atoms with Crippen LogP contribution < -0.4 is 5.73 Å². The van der Waals surface area contributed by atoms with Gasteiger partial charge in [0.2, 0.25) is 0 Å². The van der Waals surface area contributed by atoms with Crippen LogP contribution in [-0.4, -0.2) is 11.7 Å². The molecule has 2 nitrogen and oxygen atoms in total. The summed E-state index contributed by atoms with van der Waals surface area (Å²) in [6, 6.07) is 13.0. The first-order chi connectivity index (χ1) is 9.11. The topological polar surface area (TPSA) is 46.2 Å². The maximum atomic E-state index is 13.2. The van der Waals surface area contributed by atoms with Crippen molar-refractivity contribution in [2.45, 2.75) is 12.0 Å². The third kappa shape index (κ3) is 3.32. The van der Waals surface area contributed by atoms with Crippen LogP contribution in [0.25, 0.3) is 0 Å². The monoisotopic (exact) mass is 279 g/mol. The molecule has 0 aliphatic rings. The number of aliphatic hydroxyl groups excluding tert-OH is 1. The molecule has 2 aromatic carbocycles. The lowest BCUT2D eigenvalue weighted by molar-refractivity contribution is 0.147. The van der Waals surface area contributed by atoms with Gasteiger partial charge in [-0.05, 0) is 35.4 Å². The van der Waals surface area contributed by atoms with Gasteiger partial charge in [-0.25, -0.2) is 4.39 Å². The Morgan fingerprint density at radius 3 is 2.37 bits per heavy atom. The molecule has 0 radical (unpaired) electrons. The summed E-state index contributed by atoms with van der Waals surface area (Å²) < 4.78 is 13.2. The highest BCUT2D eigenvalue weighted by Gasteiger charge is 2.21. The van der Waals surface area contributed by atoms with Crippen molar-refractivity contribution in [1.82, 2.24) is 0 Å². The summed E-state index contributed by atoms with van der Waals surface area (Å²) in [6.45, 7) is 0.229. The van der Waals surface area contributed by atoms with E-state index in [0.29, 0.717) is 16.1 Å². The number of halogens is 2. The molecule has 0 bridgehead atoms. The van der Waals surface area contributed by atoms with Crippen LogP contribution in [0.5, 0.6) is 0 Å². The van der Waals surface area contributed by atoms with Gasteiger partial charge in [-0.2, -0.15) is 0 Å². The minimum Gasteiger partial charge on any atom is -0.388 e. The molecule has 0 heterocycles. The summed E-state index contributed by atoms with van der Waals surface area (Å²) in [5.41, 5.74) is 7.11. The number of benzene rings is 2. The lowest BCUT2D eigenvalue weighted by Crippen LogP contribution is -2.20. The fourth-order valence-corrected chi connectivity index (χ4v) is 2.20. The van der Waals surface area contributed by atoms with E-state index in [1.54, 1.807) is 36.4 Å². The molecule has 0 saturated carbocycles. The Kier molecular flexibility index (Phi) is 4.53. The van der Waals surface area contributed by atoms with E-state index in [9.17, 15) is 9.50 Å². The van der Waals surface area contributed by atoms with Gasteiger partial charge in [-0.3, -0.25) is 0 Å². The predicted octanol–water partition coefficient (Wildman–Crippen LogP) is 3.26. The van der Waals surface area contributed by atoms with Crippen molar-refractivity contribution in [2.24, 2.45) is 5.73 Å². The predicted molar refractivity (Wildman–Crippen MR) is 74.6 cm³/mol. The molecule has 19 heavy (non-hydrogen) atoms. The number of rotatable bonds is 4. The zero-order chi connectivity index (χ0) is 13.8. The lowest BCUT2D eigenvalue weighted by Gasteiger charge is -2.22. The van der Waals surface area contributed by atoms with Gasteiger partial charge >= 0.3 is 0 Å². The van der Waals surface area contributed by atoms with E-state index in [1.807, 2.05) is 0 Å². The van der Waals surface area contributed by atoms with Crippen molar-refractivity contribution in [3.63, 3.8) is 0 Å². The Morgan fingerprint density at radius 1 is 1.11 bits per heavy atom. The SMILES string of the molecule is NCC(c1cccc(F)c1)C(O)c1ccc(Cl)cc1. The normalized spacial score (nSPS) is 14.1. The number of nitrogens with two attached hydrogens (primary N) is 1. The zero-order valence-corrected chi connectivity index (χ0v) is 11.0. The molecule has 3 N–H and O–H groups in total. The van der Waals surface area contributed by atoms with E-state index in [4.69, 9.17) is 17.3 Å². The van der Waals surface area contributed by atoms with Crippen molar-refractivity contribution in [2.75, 3.05) is 6.54 Å². The van der Waals surface area contributed by atoms with Gasteiger partial charge in [-0.15, -0.1) is 0 Å². The third-order valence-electron chi connectivity index (χ3n) is 3.12. The Hall–Kier alpha value is -1.42. The van der Waals surface area contributed by atoms with E-state index in [0.717, 1.165) is 0 Å². The molecule has 0 aliphatic carbocycles. The molecular formula is C15H15ClFNO. The fraction of sp³-hybridized carbons (Fsp3) is 0.200. The number of hydrogen-bond acceptors (Lipinski definition) is 2. The van der Waals surface area contributed by atoms with Crippen LogP contribution in [0.2, 0.25) is 5.02 Å². The van der Waals surface area contributed by atoms with Crippen LogP contribution in [0.15, 0.2) is 48.5 Å². The van der Waals surface area contributed by atoms with Crippen LogP contribution in [0.1, 0.15) is 23.1 Å². The van der Waals surface area contributed by atoms with Crippen LogP contribution in [0, 0.1) is 5.82 Å². The summed E-state index contributed by atoms with van der Waals surface area (Å²) in [7, 11) is 0. The van der Waals surface area contributed by atoms with E-state index in [-0.39, 0.29) is 18.3 Å². The van der Waals surface area contributed by atoms with Gasteiger partial charge in [0.1, 0.15) is 5.82 Å². The second kappa shape index (κ2) is 6.15. The van der Waals surface area contributed by atoms with E-state index in [1.165, 1.54) is 12.1 Å². The average Bonchev–Trinajstić information content (AvgIpc) is 2.40. The Labute approximate surface area is 116 Å². The first-order valence-electron chi connectivity index (χ1n) is 6.01.